The highest BCUT2D eigenvalue weighted by Gasteiger charge is 2.26. The summed E-state index contributed by atoms with van der Waals surface area (Å²) in [5.41, 5.74) is 2.27. The molecule has 0 aromatic heterocycles. The number of piperazine rings is 1. The number of hydrogen-bond donors (Lipinski definition) is 0. The van der Waals surface area contributed by atoms with Gasteiger partial charge in [-0.15, -0.1) is 0 Å². The van der Waals surface area contributed by atoms with E-state index in [1.54, 1.807) is 4.90 Å². The maximum atomic E-state index is 12.6. The molecule has 1 aliphatic rings. The number of sulfone groups is 1. The third-order valence-electron chi connectivity index (χ3n) is 5.00. The molecule has 2 aromatic rings. The van der Waals surface area contributed by atoms with Crippen LogP contribution in [0.1, 0.15) is 11.1 Å². The second kappa shape index (κ2) is 8.20. The van der Waals surface area contributed by atoms with E-state index < -0.39 is 14.8 Å². The summed E-state index contributed by atoms with van der Waals surface area (Å²) in [6.45, 7) is 3.84. The lowest BCUT2D eigenvalue weighted by Gasteiger charge is -2.36. The molecule has 0 radical (unpaired) electrons. The van der Waals surface area contributed by atoms with Crippen LogP contribution in [-0.2, 0) is 21.1 Å². The zero-order chi connectivity index (χ0) is 21.2. The minimum Gasteiger partial charge on any atom is -0.367 e. The Morgan fingerprint density at radius 2 is 1.69 bits per heavy atom. The molecule has 1 saturated heterocycles. The predicted octanol–water partition coefficient (Wildman–Crippen LogP) is 2.20. The Labute approximate surface area is 169 Å². The number of benzene rings is 2. The maximum Gasteiger partial charge on any atom is 0.270 e. The molecule has 1 aliphatic heterocycles. The van der Waals surface area contributed by atoms with Gasteiger partial charge in [0.15, 0.2) is 9.84 Å². The van der Waals surface area contributed by atoms with Crippen LogP contribution in [-0.4, -0.2) is 56.6 Å². The maximum absolute atomic E-state index is 12.6. The first kappa shape index (κ1) is 20.8. The highest BCUT2D eigenvalue weighted by atomic mass is 32.2. The second-order valence-electron chi connectivity index (χ2n) is 7.21. The molecule has 154 valence electrons. The Morgan fingerprint density at radius 1 is 1.07 bits per heavy atom. The van der Waals surface area contributed by atoms with Crippen LogP contribution in [0, 0.1) is 17.0 Å². The fraction of sp³-hybridized carbons (Fsp3) is 0.350. The van der Waals surface area contributed by atoms with E-state index >= 15 is 0 Å². The topological polar surface area (TPSA) is 101 Å². The van der Waals surface area contributed by atoms with Gasteiger partial charge in [0.2, 0.25) is 5.91 Å². The first-order chi connectivity index (χ1) is 13.6. The van der Waals surface area contributed by atoms with Gasteiger partial charge in [0.25, 0.3) is 5.69 Å². The van der Waals surface area contributed by atoms with Crippen molar-refractivity contribution in [2.24, 2.45) is 0 Å². The van der Waals surface area contributed by atoms with Gasteiger partial charge in [-0.3, -0.25) is 14.9 Å². The van der Waals surface area contributed by atoms with E-state index in [-0.39, 0.29) is 16.5 Å². The summed E-state index contributed by atoms with van der Waals surface area (Å²) in [7, 11) is -3.64. The lowest BCUT2D eigenvalue weighted by molar-refractivity contribution is -0.385. The van der Waals surface area contributed by atoms with Gasteiger partial charge in [0.05, 0.1) is 21.9 Å². The molecule has 1 fully saturated rings. The Morgan fingerprint density at radius 3 is 2.24 bits per heavy atom. The zero-order valence-electron chi connectivity index (χ0n) is 16.4. The van der Waals surface area contributed by atoms with Crippen LogP contribution in [0.2, 0.25) is 0 Å². The highest BCUT2D eigenvalue weighted by Crippen LogP contribution is 2.30. The average molecular weight is 417 g/mol. The monoisotopic (exact) mass is 417 g/mol. The lowest BCUT2D eigenvalue weighted by atomic mass is 10.1. The molecular formula is C20H23N3O5S. The van der Waals surface area contributed by atoms with Crippen molar-refractivity contribution in [2.45, 2.75) is 18.2 Å². The molecule has 0 atom stereocenters. The number of carbonyl (C=O) groups excluding carboxylic acids is 1. The number of amides is 1. The number of non-ortho nitro benzene ring substituents is 1. The summed E-state index contributed by atoms with van der Waals surface area (Å²) < 4.78 is 24.3. The van der Waals surface area contributed by atoms with E-state index in [1.807, 2.05) is 36.1 Å². The van der Waals surface area contributed by atoms with Crippen LogP contribution in [0.3, 0.4) is 0 Å². The first-order valence-electron chi connectivity index (χ1n) is 9.22. The molecule has 1 amide bonds. The first-order valence-corrected chi connectivity index (χ1v) is 11.1. The van der Waals surface area contributed by atoms with Crippen LogP contribution in [0.5, 0.6) is 0 Å². The largest absolute Gasteiger partial charge is 0.367 e. The van der Waals surface area contributed by atoms with Gasteiger partial charge in [0, 0.05) is 44.6 Å². The SMILES string of the molecule is Cc1ccc(CC(=O)N2CCN(c3ccc([N+](=O)[O-])cc3S(C)(=O)=O)CC2)cc1. The number of rotatable bonds is 5. The number of nitro groups is 1. The molecule has 3 rings (SSSR count). The number of nitro benzene ring substituents is 1. The Kier molecular flexibility index (Phi) is 5.88. The number of nitrogens with zero attached hydrogens (tertiary/aromatic N) is 3. The van der Waals surface area contributed by atoms with Crippen LogP contribution in [0.25, 0.3) is 0 Å². The molecule has 0 unspecified atom stereocenters. The van der Waals surface area contributed by atoms with E-state index in [1.165, 1.54) is 12.1 Å². The Bertz CT molecular complexity index is 1030. The van der Waals surface area contributed by atoms with Crippen LogP contribution < -0.4 is 4.90 Å². The van der Waals surface area contributed by atoms with Gasteiger partial charge in [-0.1, -0.05) is 29.8 Å². The van der Waals surface area contributed by atoms with Gasteiger partial charge >= 0.3 is 0 Å². The normalized spacial score (nSPS) is 14.7. The minimum atomic E-state index is -3.64. The summed E-state index contributed by atoms with van der Waals surface area (Å²) in [4.78, 5) is 26.5. The zero-order valence-corrected chi connectivity index (χ0v) is 17.2. The molecule has 0 bridgehead atoms. The molecule has 0 aliphatic carbocycles. The molecular weight excluding hydrogens is 394 g/mol. The molecule has 8 nitrogen and oxygen atoms in total. The summed E-state index contributed by atoms with van der Waals surface area (Å²) in [5, 5.41) is 11.0. The molecule has 1 heterocycles. The van der Waals surface area contributed by atoms with Crippen molar-refractivity contribution in [1.82, 2.24) is 4.90 Å². The number of anilines is 1. The molecule has 0 N–H and O–H groups in total. The van der Waals surface area contributed by atoms with Crippen LogP contribution >= 0.6 is 0 Å². The van der Waals surface area contributed by atoms with Crippen molar-refractivity contribution in [1.29, 1.82) is 0 Å². The predicted molar refractivity (Wildman–Crippen MR) is 110 cm³/mol. The summed E-state index contributed by atoms with van der Waals surface area (Å²) in [5.74, 6) is 0.0283. The van der Waals surface area contributed by atoms with Crippen molar-refractivity contribution in [3.05, 3.63) is 63.7 Å². The third kappa shape index (κ3) is 4.92. The molecule has 2 aromatic carbocycles. The van der Waals surface area contributed by atoms with E-state index in [2.05, 4.69) is 0 Å². The van der Waals surface area contributed by atoms with Crippen LogP contribution in [0.4, 0.5) is 11.4 Å². The average Bonchev–Trinajstić information content (AvgIpc) is 2.68. The van der Waals surface area contributed by atoms with Gasteiger partial charge in [0.1, 0.15) is 0 Å². The van der Waals surface area contributed by atoms with E-state index in [0.717, 1.165) is 23.4 Å². The Hall–Kier alpha value is -2.94. The second-order valence-corrected chi connectivity index (χ2v) is 9.20. The van der Waals surface area contributed by atoms with Crippen LogP contribution in [0.15, 0.2) is 47.4 Å². The van der Waals surface area contributed by atoms with Crippen molar-refractivity contribution in [2.75, 3.05) is 37.3 Å². The minimum absolute atomic E-state index is 0.0283. The molecule has 0 saturated carbocycles. The van der Waals surface area contributed by atoms with Crippen molar-refractivity contribution in [3.63, 3.8) is 0 Å². The fourth-order valence-corrected chi connectivity index (χ4v) is 4.28. The van der Waals surface area contributed by atoms with Gasteiger partial charge in [-0.05, 0) is 18.6 Å². The van der Waals surface area contributed by atoms with E-state index in [9.17, 15) is 23.3 Å². The number of aryl methyl sites for hydroxylation is 1. The molecule has 9 heteroatoms. The van der Waals surface area contributed by atoms with Crippen molar-refractivity contribution in [3.8, 4) is 0 Å². The van der Waals surface area contributed by atoms with Gasteiger partial charge in [-0.25, -0.2) is 8.42 Å². The fourth-order valence-electron chi connectivity index (χ4n) is 3.36. The van der Waals surface area contributed by atoms with Gasteiger partial charge < -0.3 is 9.80 Å². The highest BCUT2D eigenvalue weighted by molar-refractivity contribution is 7.90. The summed E-state index contributed by atoms with van der Waals surface area (Å²) in [6, 6.07) is 11.7. The smallest absolute Gasteiger partial charge is 0.270 e. The Balaban J connectivity index is 1.71. The van der Waals surface area contributed by atoms with Crippen molar-refractivity contribution < 1.29 is 18.1 Å². The van der Waals surface area contributed by atoms with Gasteiger partial charge in [-0.2, -0.15) is 0 Å². The quantitative estimate of drug-likeness (QED) is 0.546. The summed E-state index contributed by atoms with van der Waals surface area (Å²) >= 11 is 0. The third-order valence-corrected chi connectivity index (χ3v) is 6.13. The lowest BCUT2D eigenvalue weighted by Crippen LogP contribution is -2.49. The summed E-state index contributed by atoms with van der Waals surface area (Å²) in [6.07, 6.45) is 1.36. The number of carbonyl (C=O) groups is 1. The van der Waals surface area contributed by atoms with E-state index in [4.69, 9.17) is 0 Å². The molecule has 29 heavy (non-hydrogen) atoms. The molecule has 0 spiro atoms. The van der Waals surface area contributed by atoms with Crippen molar-refractivity contribution >= 4 is 27.1 Å². The number of hydrogen-bond acceptors (Lipinski definition) is 6. The standard InChI is InChI=1S/C20H23N3O5S/c1-15-3-5-16(6-4-15)13-20(24)22-11-9-21(10-12-22)18-8-7-17(23(25)26)14-19(18)29(2,27)28/h3-8,14H,9-13H2,1-2H3. The van der Waals surface area contributed by atoms with E-state index in [0.29, 0.717) is 38.3 Å².